The first kappa shape index (κ1) is 13.5. The maximum absolute atomic E-state index is 5.84. The van der Waals surface area contributed by atoms with E-state index in [0.29, 0.717) is 0 Å². The van der Waals surface area contributed by atoms with E-state index in [1.165, 1.54) is 9.13 Å². The summed E-state index contributed by atoms with van der Waals surface area (Å²) in [7, 11) is 0. The molecule has 0 fully saturated rings. The Hall–Kier alpha value is -0.880. The molecule has 1 unspecified atom stereocenters. The highest BCUT2D eigenvalue weighted by Gasteiger charge is 2.14. The van der Waals surface area contributed by atoms with Gasteiger partial charge in [0, 0.05) is 9.13 Å². The second-order valence-electron chi connectivity index (χ2n) is 4.28. The molecule has 0 aliphatic heterocycles. The summed E-state index contributed by atoms with van der Waals surface area (Å²) in [4.78, 5) is 4.35. The quantitative estimate of drug-likeness (QED) is 0.844. The Morgan fingerprint density at radius 1 is 1.44 bits per heavy atom. The number of hydrogen-bond donors (Lipinski definition) is 1. The molecule has 2 rings (SSSR count). The molecule has 1 aromatic heterocycles. The van der Waals surface area contributed by atoms with Gasteiger partial charge in [0.2, 0.25) is 5.89 Å². The van der Waals surface area contributed by atoms with Gasteiger partial charge in [0.1, 0.15) is 0 Å². The lowest BCUT2D eigenvalue weighted by molar-refractivity contribution is 0.429. The number of halogens is 1. The summed E-state index contributed by atoms with van der Waals surface area (Å²) in [6, 6.07) is 6.36. The van der Waals surface area contributed by atoms with Crippen molar-refractivity contribution in [2.75, 3.05) is 6.54 Å². The molecule has 18 heavy (non-hydrogen) atoms. The van der Waals surface area contributed by atoms with Crippen LogP contribution < -0.4 is 5.32 Å². The van der Waals surface area contributed by atoms with E-state index >= 15 is 0 Å². The summed E-state index contributed by atoms with van der Waals surface area (Å²) in [6.07, 6.45) is 1.81. The zero-order valence-corrected chi connectivity index (χ0v) is 13.0. The van der Waals surface area contributed by atoms with Crippen LogP contribution in [0.5, 0.6) is 0 Å². The first-order chi connectivity index (χ1) is 8.63. The van der Waals surface area contributed by atoms with Crippen molar-refractivity contribution in [3.8, 4) is 11.3 Å². The van der Waals surface area contributed by atoms with Crippen LogP contribution in [0.4, 0.5) is 0 Å². The Labute approximate surface area is 121 Å². The number of oxazole rings is 1. The van der Waals surface area contributed by atoms with Gasteiger partial charge in [-0.1, -0.05) is 25.1 Å². The topological polar surface area (TPSA) is 38.1 Å². The van der Waals surface area contributed by atoms with Crippen LogP contribution in [-0.4, -0.2) is 11.5 Å². The number of aryl methyl sites for hydroxylation is 1. The summed E-state index contributed by atoms with van der Waals surface area (Å²) in [5.74, 6) is 1.58. The third-order valence-corrected chi connectivity index (χ3v) is 4.29. The molecular formula is C14H17IN2O. The zero-order valence-electron chi connectivity index (χ0n) is 10.8. The second kappa shape index (κ2) is 5.84. The fraction of sp³-hybridized carbons (Fsp3) is 0.357. The van der Waals surface area contributed by atoms with Gasteiger partial charge < -0.3 is 9.73 Å². The molecule has 0 aliphatic rings. The molecule has 4 heteroatoms. The van der Waals surface area contributed by atoms with Crippen LogP contribution in [0.25, 0.3) is 11.3 Å². The van der Waals surface area contributed by atoms with Crippen LogP contribution in [-0.2, 0) is 0 Å². The van der Waals surface area contributed by atoms with Gasteiger partial charge in [0.25, 0.3) is 0 Å². The maximum atomic E-state index is 5.84. The molecule has 1 N–H and O–H groups in total. The first-order valence-corrected chi connectivity index (χ1v) is 7.16. The van der Waals surface area contributed by atoms with E-state index in [9.17, 15) is 0 Å². The molecule has 1 atom stereocenters. The van der Waals surface area contributed by atoms with Gasteiger partial charge in [-0.2, -0.15) is 0 Å². The van der Waals surface area contributed by atoms with Crippen molar-refractivity contribution >= 4 is 22.6 Å². The lowest BCUT2D eigenvalue weighted by atomic mass is 10.1. The van der Waals surface area contributed by atoms with Gasteiger partial charge in [-0.15, -0.1) is 0 Å². The molecule has 0 saturated carbocycles. The van der Waals surface area contributed by atoms with Crippen molar-refractivity contribution in [2.24, 2.45) is 0 Å². The molecule has 3 nitrogen and oxygen atoms in total. The highest BCUT2D eigenvalue weighted by molar-refractivity contribution is 14.1. The van der Waals surface area contributed by atoms with E-state index in [1.54, 1.807) is 6.20 Å². The SMILES string of the molecule is CCNC(C)c1ncc(-c2cccc(C)c2I)o1. The minimum absolute atomic E-state index is 0.145. The molecule has 0 amide bonds. The number of rotatable bonds is 4. The highest BCUT2D eigenvalue weighted by atomic mass is 127. The van der Waals surface area contributed by atoms with E-state index < -0.39 is 0 Å². The van der Waals surface area contributed by atoms with Gasteiger partial charge >= 0.3 is 0 Å². The van der Waals surface area contributed by atoms with E-state index in [4.69, 9.17) is 4.42 Å². The van der Waals surface area contributed by atoms with Gasteiger partial charge in [0.05, 0.1) is 12.2 Å². The van der Waals surface area contributed by atoms with Gasteiger partial charge in [-0.05, 0) is 48.5 Å². The molecule has 0 saturated heterocycles. The van der Waals surface area contributed by atoms with Gasteiger partial charge in [-0.3, -0.25) is 0 Å². The third-order valence-electron chi connectivity index (χ3n) is 2.86. The van der Waals surface area contributed by atoms with Crippen molar-refractivity contribution in [1.29, 1.82) is 0 Å². The Morgan fingerprint density at radius 3 is 2.94 bits per heavy atom. The fourth-order valence-corrected chi connectivity index (χ4v) is 2.47. The zero-order chi connectivity index (χ0) is 13.1. The molecule has 0 aliphatic carbocycles. The number of hydrogen-bond acceptors (Lipinski definition) is 3. The van der Waals surface area contributed by atoms with Crippen molar-refractivity contribution in [1.82, 2.24) is 10.3 Å². The summed E-state index contributed by atoms with van der Waals surface area (Å²) in [6.45, 7) is 7.13. The van der Waals surface area contributed by atoms with Crippen molar-refractivity contribution in [3.63, 3.8) is 0 Å². The van der Waals surface area contributed by atoms with E-state index in [0.717, 1.165) is 23.8 Å². The van der Waals surface area contributed by atoms with Crippen LogP contribution in [0.3, 0.4) is 0 Å². The fourth-order valence-electron chi connectivity index (χ4n) is 1.84. The second-order valence-corrected chi connectivity index (χ2v) is 5.36. The average Bonchev–Trinajstić information content (AvgIpc) is 2.82. The molecule has 1 aromatic carbocycles. The van der Waals surface area contributed by atoms with E-state index in [1.807, 2.05) is 6.07 Å². The largest absolute Gasteiger partial charge is 0.439 e. The summed E-state index contributed by atoms with van der Waals surface area (Å²) >= 11 is 2.35. The minimum Gasteiger partial charge on any atom is -0.439 e. The summed E-state index contributed by atoms with van der Waals surface area (Å²) < 4.78 is 7.06. The van der Waals surface area contributed by atoms with E-state index in [-0.39, 0.29) is 6.04 Å². The summed E-state index contributed by atoms with van der Waals surface area (Å²) in [5, 5.41) is 3.29. The number of benzene rings is 1. The molecule has 1 heterocycles. The highest BCUT2D eigenvalue weighted by Crippen LogP contribution is 2.29. The minimum atomic E-state index is 0.145. The Kier molecular flexibility index (Phi) is 4.40. The molecule has 0 bridgehead atoms. The van der Waals surface area contributed by atoms with Crippen LogP contribution in [0.2, 0.25) is 0 Å². The predicted molar refractivity (Wildman–Crippen MR) is 81.5 cm³/mol. The van der Waals surface area contributed by atoms with Crippen LogP contribution in [0.1, 0.15) is 31.3 Å². The summed E-state index contributed by atoms with van der Waals surface area (Å²) in [5.41, 5.74) is 2.36. The van der Waals surface area contributed by atoms with E-state index in [2.05, 4.69) is 65.8 Å². The van der Waals surface area contributed by atoms with Crippen LogP contribution >= 0.6 is 22.6 Å². The lowest BCUT2D eigenvalue weighted by Crippen LogP contribution is -2.17. The normalized spacial score (nSPS) is 12.7. The third kappa shape index (κ3) is 2.75. The molecule has 0 spiro atoms. The van der Waals surface area contributed by atoms with Crippen molar-refractivity contribution < 1.29 is 4.42 Å². The van der Waals surface area contributed by atoms with Crippen molar-refractivity contribution in [2.45, 2.75) is 26.8 Å². The lowest BCUT2D eigenvalue weighted by Gasteiger charge is -2.07. The number of nitrogens with zero attached hydrogens (tertiary/aromatic N) is 1. The van der Waals surface area contributed by atoms with Crippen LogP contribution in [0.15, 0.2) is 28.8 Å². The Morgan fingerprint density at radius 2 is 2.22 bits per heavy atom. The molecule has 96 valence electrons. The Balaban J connectivity index is 2.32. The molecular weight excluding hydrogens is 339 g/mol. The monoisotopic (exact) mass is 356 g/mol. The Bertz CT molecular complexity index is 536. The van der Waals surface area contributed by atoms with Gasteiger partial charge in [-0.25, -0.2) is 4.98 Å². The maximum Gasteiger partial charge on any atom is 0.211 e. The number of nitrogens with one attached hydrogen (secondary N) is 1. The van der Waals surface area contributed by atoms with Crippen LogP contribution in [0, 0.1) is 10.5 Å². The first-order valence-electron chi connectivity index (χ1n) is 6.08. The molecule has 2 aromatic rings. The van der Waals surface area contributed by atoms with Crippen molar-refractivity contribution in [3.05, 3.63) is 39.4 Å². The molecule has 0 radical (unpaired) electrons. The number of aromatic nitrogens is 1. The smallest absolute Gasteiger partial charge is 0.211 e. The predicted octanol–water partition coefficient (Wildman–Crippen LogP) is 3.93. The average molecular weight is 356 g/mol. The standard InChI is InChI=1S/C14H17IN2O/c1-4-16-10(3)14-17-8-12(18-14)11-7-5-6-9(2)13(11)15/h5-8,10,16H,4H2,1-3H3. The van der Waals surface area contributed by atoms with Gasteiger partial charge in [0.15, 0.2) is 5.76 Å².